The van der Waals surface area contributed by atoms with E-state index in [1.807, 2.05) is 0 Å². The number of halogens is 1. The van der Waals surface area contributed by atoms with E-state index in [0.717, 1.165) is 0 Å². The van der Waals surface area contributed by atoms with Crippen LogP contribution in [0.15, 0.2) is 34.0 Å². The summed E-state index contributed by atoms with van der Waals surface area (Å²) in [7, 11) is -3.68. The van der Waals surface area contributed by atoms with Gasteiger partial charge in [-0.15, -0.1) is 0 Å². The molecule has 4 N–H and O–H groups in total. The van der Waals surface area contributed by atoms with Crippen molar-refractivity contribution >= 4 is 31.8 Å². The minimum atomic E-state index is -3.68. The number of aromatic amines is 1. The van der Waals surface area contributed by atoms with Crippen LogP contribution in [-0.4, -0.2) is 29.9 Å². The largest absolute Gasteiger partial charge is 0.383 e. The molecule has 102 valence electrons. The Kier molecular flexibility index (Phi) is 4.17. The van der Waals surface area contributed by atoms with Gasteiger partial charge in [0.2, 0.25) is 10.0 Å². The van der Waals surface area contributed by atoms with Crippen LogP contribution in [0.2, 0.25) is 0 Å². The highest BCUT2D eigenvalue weighted by Gasteiger charge is 2.18. The van der Waals surface area contributed by atoms with Gasteiger partial charge in [0.05, 0.1) is 0 Å². The van der Waals surface area contributed by atoms with Crippen LogP contribution in [0.3, 0.4) is 0 Å². The third-order valence-electron chi connectivity index (χ3n) is 2.35. The first-order valence-corrected chi connectivity index (χ1v) is 7.65. The van der Waals surface area contributed by atoms with Gasteiger partial charge >= 0.3 is 0 Å². The van der Waals surface area contributed by atoms with Crippen molar-refractivity contribution in [2.75, 3.05) is 12.3 Å². The standard InChI is InChI=1S/C10H12BrN5O2S/c11-7-5-8(10(12)15-6-7)19(17,18)16-2-1-9-13-3-4-14-9/h3-6,16H,1-2H2,(H2,12,15)(H,13,14). The van der Waals surface area contributed by atoms with Crippen molar-refractivity contribution in [1.82, 2.24) is 19.7 Å². The third kappa shape index (κ3) is 3.52. The summed E-state index contributed by atoms with van der Waals surface area (Å²) >= 11 is 3.16. The van der Waals surface area contributed by atoms with Gasteiger partial charge in [-0.05, 0) is 22.0 Å². The van der Waals surface area contributed by atoms with Gasteiger partial charge in [-0.1, -0.05) is 0 Å². The third-order valence-corrected chi connectivity index (χ3v) is 4.27. The van der Waals surface area contributed by atoms with Crippen molar-refractivity contribution in [1.29, 1.82) is 0 Å². The molecular weight excluding hydrogens is 334 g/mol. The van der Waals surface area contributed by atoms with E-state index < -0.39 is 10.0 Å². The van der Waals surface area contributed by atoms with E-state index >= 15 is 0 Å². The van der Waals surface area contributed by atoms with E-state index in [0.29, 0.717) is 16.7 Å². The molecule has 0 aromatic carbocycles. The number of imidazole rings is 1. The van der Waals surface area contributed by atoms with Crippen LogP contribution in [0.5, 0.6) is 0 Å². The summed E-state index contributed by atoms with van der Waals surface area (Å²) < 4.78 is 27.1. The maximum atomic E-state index is 12.1. The molecule has 0 aliphatic rings. The highest BCUT2D eigenvalue weighted by atomic mass is 79.9. The molecule has 7 nitrogen and oxygen atoms in total. The first-order valence-electron chi connectivity index (χ1n) is 5.38. The maximum Gasteiger partial charge on any atom is 0.244 e. The lowest BCUT2D eigenvalue weighted by molar-refractivity contribution is 0.581. The summed E-state index contributed by atoms with van der Waals surface area (Å²) in [6, 6.07) is 1.41. The van der Waals surface area contributed by atoms with Gasteiger partial charge in [-0.2, -0.15) is 0 Å². The molecule has 0 fully saturated rings. The van der Waals surface area contributed by atoms with Gasteiger partial charge < -0.3 is 10.7 Å². The van der Waals surface area contributed by atoms with Crippen molar-refractivity contribution in [3.63, 3.8) is 0 Å². The van der Waals surface area contributed by atoms with Crippen molar-refractivity contribution in [3.8, 4) is 0 Å². The number of pyridine rings is 1. The molecule has 19 heavy (non-hydrogen) atoms. The normalized spacial score (nSPS) is 11.6. The van der Waals surface area contributed by atoms with Gasteiger partial charge in [0.1, 0.15) is 16.5 Å². The minimum Gasteiger partial charge on any atom is -0.383 e. The molecule has 0 radical (unpaired) electrons. The zero-order chi connectivity index (χ0) is 13.9. The summed E-state index contributed by atoms with van der Waals surface area (Å²) in [4.78, 5) is 10.7. The zero-order valence-electron chi connectivity index (χ0n) is 9.80. The first kappa shape index (κ1) is 14.0. The fourth-order valence-electron chi connectivity index (χ4n) is 1.46. The summed E-state index contributed by atoms with van der Waals surface area (Å²) in [6.07, 6.45) is 5.20. The molecule has 0 atom stereocenters. The van der Waals surface area contributed by atoms with Gasteiger partial charge in [0, 0.05) is 36.0 Å². The molecule has 0 unspecified atom stereocenters. The molecule has 0 bridgehead atoms. The Morgan fingerprint density at radius 2 is 2.21 bits per heavy atom. The van der Waals surface area contributed by atoms with Crippen LogP contribution in [0.4, 0.5) is 5.82 Å². The summed E-state index contributed by atoms with van der Waals surface area (Å²) in [6.45, 7) is 0.224. The van der Waals surface area contributed by atoms with E-state index in [-0.39, 0.29) is 17.3 Å². The van der Waals surface area contributed by atoms with Crippen LogP contribution in [0, 0.1) is 0 Å². The Labute approximate surface area is 118 Å². The van der Waals surface area contributed by atoms with E-state index in [1.165, 1.54) is 12.3 Å². The fourth-order valence-corrected chi connectivity index (χ4v) is 3.08. The average molecular weight is 346 g/mol. The number of aromatic nitrogens is 3. The lowest BCUT2D eigenvalue weighted by Crippen LogP contribution is -2.27. The second-order valence-corrected chi connectivity index (χ2v) is 6.37. The summed E-state index contributed by atoms with van der Waals surface area (Å²) in [5.74, 6) is 0.678. The topological polar surface area (TPSA) is 114 Å². The fraction of sp³-hybridized carbons (Fsp3) is 0.200. The van der Waals surface area contributed by atoms with Crippen molar-refractivity contribution in [3.05, 3.63) is 35.0 Å². The van der Waals surface area contributed by atoms with Crippen molar-refractivity contribution in [2.24, 2.45) is 0 Å². The Bertz CT molecular complexity index is 657. The number of hydrogen-bond acceptors (Lipinski definition) is 5. The number of nitrogen functional groups attached to an aromatic ring is 1. The Morgan fingerprint density at radius 1 is 1.42 bits per heavy atom. The lowest BCUT2D eigenvalue weighted by atomic mass is 10.4. The molecule has 0 saturated heterocycles. The van der Waals surface area contributed by atoms with Crippen LogP contribution >= 0.6 is 15.9 Å². The van der Waals surface area contributed by atoms with Gasteiger partial charge in [-0.25, -0.2) is 23.1 Å². The van der Waals surface area contributed by atoms with Crippen molar-refractivity contribution in [2.45, 2.75) is 11.3 Å². The number of sulfonamides is 1. The van der Waals surface area contributed by atoms with E-state index in [1.54, 1.807) is 12.4 Å². The SMILES string of the molecule is Nc1ncc(Br)cc1S(=O)(=O)NCCc1ncc[nH]1. The molecule has 0 spiro atoms. The Balaban J connectivity index is 2.07. The smallest absolute Gasteiger partial charge is 0.244 e. The lowest BCUT2D eigenvalue weighted by Gasteiger charge is -2.08. The zero-order valence-corrected chi connectivity index (χ0v) is 12.2. The second kappa shape index (κ2) is 5.68. The second-order valence-electron chi connectivity index (χ2n) is 3.72. The van der Waals surface area contributed by atoms with Gasteiger partial charge in [-0.3, -0.25) is 0 Å². The van der Waals surface area contributed by atoms with Crippen LogP contribution < -0.4 is 10.5 Å². The number of H-pyrrole nitrogens is 1. The maximum absolute atomic E-state index is 12.1. The molecule has 0 saturated carbocycles. The predicted molar refractivity (Wildman–Crippen MR) is 73.8 cm³/mol. The number of nitrogens with two attached hydrogens (primary N) is 1. The quantitative estimate of drug-likeness (QED) is 0.736. The van der Waals surface area contributed by atoms with E-state index in [4.69, 9.17) is 5.73 Å². The predicted octanol–water partition coefficient (Wildman–Crippen LogP) is 0.670. The summed E-state index contributed by atoms with van der Waals surface area (Å²) in [5.41, 5.74) is 5.57. The molecule has 2 aromatic rings. The van der Waals surface area contributed by atoms with E-state index in [2.05, 4.69) is 35.6 Å². The molecule has 2 heterocycles. The Morgan fingerprint density at radius 3 is 2.89 bits per heavy atom. The molecule has 9 heteroatoms. The number of hydrogen-bond donors (Lipinski definition) is 3. The number of nitrogens with one attached hydrogen (secondary N) is 2. The van der Waals surface area contributed by atoms with Crippen LogP contribution in [-0.2, 0) is 16.4 Å². The van der Waals surface area contributed by atoms with Crippen LogP contribution in [0.1, 0.15) is 5.82 Å². The highest BCUT2D eigenvalue weighted by molar-refractivity contribution is 9.10. The number of anilines is 1. The molecule has 0 amide bonds. The number of nitrogens with zero attached hydrogens (tertiary/aromatic N) is 2. The van der Waals surface area contributed by atoms with Crippen molar-refractivity contribution < 1.29 is 8.42 Å². The van der Waals surface area contributed by atoms with Gasteiger partial charge in [0.25, 0.3) is 0 Å². The van der Waals surface area contributed by atoms with Gasteiger partial charge in [0.15, 0.2) is 0 Å². The molecule has 2 aromatic heterocycles. The summed E-state index contributed by atoms with van der Waals surface area (Å²) in [5, 5.41) is 0. The molecule has 0 aliphatic carbocycles. The van der Waals surface area contributed by atoms with E-state index in [9.17, 15) is 8.42 Å². The Hall–Kier alpha value is -1.45. The molecule has 2 rings (SSSR count). The minimum absolute atomic E-state index is 0.0336. The molecule has 0 aliphatic heterocycles. The van der Waals surface area contributed by atoms with Crippen LogP contribution in [0.25, 0.3) is 0 Å². The average Bonchev–Trinajstić information content (AvgIpc) is 2.85. The highest BCUT2D eigenvalue weighted by Crippen LogP contribution is 2.20. The number of rotatable bonds is 5. The molecular formula is C10H12BrN5O2S. The monoisotopic (exact) mass is 345 g/mol. The first-order chi connectivity index (χ1) is 8.99.